The highest BCUT2D eigenvalue weighted by atomic mass is 19.1. The average Bonchev–Trinajstić information content (AvgIpc) is 2.75. The number of carboxylic acids is 1. The number of amides is 1. The van der Waals surface area contributed by atoms with Crippen LogP contribution in [0.15, 0.2) is 18.5 Å². The van der Waals surface area contributed by atoms with Gasteiger partial charge in [0, 0.05) is 6.20 Å². The first kappa shape index (κ1) is 14.8. The molecule has 0 radical (unpaired) electrons. The van der Waals surface area contributed by atoms with Gasteiger partial charge >= 0.3 is 12.1 Å². The minimum Gasteiger partial charge on any atom is -0.478 e. The van der Waals surface area contributed by atoms with E-state index in [0.717, 1.165) is 10.7 Å². The van der Waals surface area contributed by atoms with Gasteiger partial charge in [0.15, 0.2) is 5.82 Å². The molecule has 0 aliphatic heterocycles. The van der Waals surface area contributed by atoms with Crippen molar-refractivity contribution in [3.05, 3.63) is 29.8 Å². The second-order valence-corrected chi connectivity index (χ2v) is 5.33. The SMILES string of the molecule is CC(C)(C)OC(=O)Nc1ccn2ncc(C(=O)O)c2c1F. The molecule has 0 bridgehead atoms. The van der Waals surface area contributed by atoms with Gasteiger partial charge in [-0.25, -0.2) is 18.5 Å². The summed E-state index contributed by atoms with van der Waals surface area (Å²) in [6.45, 7) is 5.02. The molecule has 2 N–H and O–H groups in total. The van der Waals surface area contributed by atoms with Crippen LogP contribution in [-0.2, 0) is 4.74 Å². The second-order valence-electron chi connectivity index (χ2n) is 5.33. The van der Waals surface area contributed by atoms with E-state index in [2.05, 4.69) is 10.4 Å². The van der Waals surface area contributed by atoms with Crippen molar-refractivity contribution >= 4 is 23.3 Å². The molecule has 0 spiro atoms. The first-order chi connectivity index (χ1) is 9.69. The molecular weight excluding hydrogens is 281 g/mol. The van der Waals surface area contributed by atoms with E-state index < -0.39 is 23.5 Å². The maximum absolute atomic E-state index is 14.3. The lowest BCUT2D eigenvalue weighted by Crippen LogP contribution is -2.27. The van der Waals surface area contributed by atoms with Gasteiger partial charge in [0.1, 0.15) is 16.7 Å². The molecule has 112 valence electrons. The Kier molecular flexibility index (Phi) is 3.54. The van der Waals surface area contributed by atoms with Gasteiger partial charge in [0.2, 0.25) is 0 Å². The van der Waals surface area contributed by atoms with Gasteiger partial charge in [0.25, 0.3) is 0 Å². The largest absolute Gasteiger partial charge is 0.478 e. The van der Waals surface area contributed by atoms with Crippen LogP contribution >= 0.6 is 0 Å². The predicted octanol–water partition coefficient (Wildman–Crippen LogP) is 2.52. The zero-order chi connectivity index (χ0) is 15.8. The van der Waals surface area contributed by atoms with Crippen molar-refractivity contribution in [2.24, 2.45) is 0 Å². The number of halogens is 1. The first-order valence-corrected chi connectivity index (χ1v) is 6.08. The van der Waals surface area contributed by atoms with E-state index in [1.54, 1.807) is 20.8 Å². The molecule has 0 saturated heterocycles. The van der Waals surface area contributed by atoms with Crippen LogP contribution in [0.5, 0.6) is 0 Å². The first-order valence-electron chi connectivity index (χ1n) is 6.08. The fourth-order valence-electron chi connectivity index (χ4n) is 1.71. The minimum absolute atomic E-state index is 0.181. The molecule has 1 amide bonds. The van der Waals surface area contributed by atoms with Gasteiger partial charge in [-0.2, -0.15) is 5.10 Å². The summed E-state index contributed by atoms with van der Waals surface area (Å²) in [6, 6.07) is 1.27. The van der Waals surface area contributed by atoms with Crippen LogP contribution in [0.4, 0.5) is 14.9 Å². The van der Waals surface area contributed by atoms with Gasteiger partial charge in [0.05, 0.1) is 11.9 Å². The topological polar surface area (TPSA) is 92.9 Å². The third kappa shape index (κ3) is 3.10. The summed E-state index contributed by atoms with van der Waals surface area (Å²) >= 11 is 0. The molecule has 0 aliphatic carbocycles. The Morgan fingerprint density at radius 3 is 2.67 bits per heavy atom. The van der Waals surface area contributed by atoms with E-state index in [4.69, 9.17) is 9.84 Å². The highest BCUT2D eigenvalue weighted by Gasteiger charge is 2.21. The Morgan fingerprint density at radius 1 is 1.43 bits per heavy atom. The monoisotopic (exact) mass is 295 g/mol. The van der Waals surface area contributed by atoms with E-state index in [1.807, 2.05) is 0 Å². The van der Waals surface area contributed by atoms with Crippen molar-refractivity contribution in [3.8, 4) is 0 Å². The number of pyridine rings is 1. The lowest BCUT2D eigenvalue weighted by atomic mass is 10.2. The van der Waals surface area contributed by atoms with E-state index in [-0.39, 0.29) is 16.8 Å². The predicted molar refractivity (Wildman–Crippen MR) is 72.0 cm³/mol. The minimum atomic E-state index is -1.31. The van der Waals surface area contributed by atoms with E-state index in [1.165, 1.54) is 12.3 Å². The van der Waals surface area contributed by atoms with Crippen molar-refractivity contribution in [3.63, 3.8) is 0 Å². The van der Waals surface area contributed by atoms with Crippen molar-refractivity contribution in [1.82, 2.24) is 9.61 Å². The van der Waals surface area contributed by atoms with Gasteiger partial charge in [-0.05, 0) is 26.8 Å². The summed E-state index contributed by atoms with van der Waals surface area (Å²) in [5.74, 6) is -2.20. The quantitative estimate of drug-likeness (QED) is 0.888. The number of fused-ring (bicyclic) bond motifs is 1. The summed E-state index contributed by atoms with van der Waals surface area (Å²) in [6.07, 6.45) is 1.55. The molecule has 0 aliphatic rings. The van der Waals surface area contributed by atoms with Gasteiger partial charge in [-0.15, -0.1) is 0 Å². The lowest BCUT2D eigenvalue weighted by molar-refractivity contribution is 0.0633. The number of aromatic carboxylic acids is 1. The number of rotatable bonds is 2. The molecule has 8 heteroatoms. The average molecular weight is 295 g/mol. The van der Waals surface area contributed by atoms with Gasteiger partial charge in [-0.1, -0.05) is 0 Å². The summed E-state index contributed by atoms with van der Waals surface area (Å²) in [5.41, 5.74) is -1.43. The zero-order valence-electron chi connectivity index (χ0n) is 11.7. The van der Waals surface area contributed by atoms with Crippen LogP contribution in [-0.4, -0.2) is 32.4 Å². The Balaban J connectivity index is 2.37. The van der Waals surface area contributed by atoms with Crippen molar-refractivity contribution in [2.45, 2.75) is 26.4 Å². The van der Waals surface area contributed by atoms with Crippen LogP contribution in [0.25, 0.3) is 5.52 Å². The maximum Gasteiger partial charge on any atom is 0.412 e. The summed E-state index contributed by atoms with van der Waals surface area (Å²) < 4.78 is 20.4. The van der Waals surface area contributed by atoms with Crippen LogP contribution in [0, 0.1) is 5.82 Å². The number of nitrogens with zero attached hydrogens (tertiary/aromatic N) is 2. The fraction of sp³-hybridized carbons (Fsp3) is 0.308. The molecule has 0 fully saturated rings. The number of carbonyl (C=O) groups is 2. The molecular formula is C13H14FN3O4. The highest BCUT2D eigenvalue weighted by molar-refractivity contribution is 5.97. The molecule has 21 heavy (non-hydrogen) atoms. The smallest absolute Gasteiger partial charge is 0.412 e. The number of carboxylic acid groups (broad SMARTS) is 1. The van der Waals surface area contributed by atoms with Crippen molar-refractivity contribution in [1.29, 1.82) is 0 Å². The summed E-state index contributed by atoms with van der Waals surface area (Å²) in [7, 11) is 0. The molecule has 0 unspecified atom stereocenters. The number of nitrogens with one attached hydrogen (secondary N) is 1. The number of anilines is 1. The normalized spacial score (nSPS) is 11.4. The third-order valence-electron chi connectivity index (χ3n) is 2.49. The number of hydrogen-bond acceptors (Lipinski definition) is 4. The van der Waals surface area contributed by atoms with E-state index in [9.17, 15) is 14.0 Å². The summed E-state index contributed by atoms with van der Waals surface area (Å²) in [4.78, 5) is 22.7. The van der Waals surface area contributed by atoms with Gasteiger partial charge in [-0.3, -0.25) is 5.32 Å². The standard InChI is InChI=1S/C13H14FN3O4/c1-13(2,3)21-12(20)16-8-4-5-17-10(9(8)14)7(6-15-17)11(18)19/h4-6H,1-3H3,(H,16,20)(H,18,19). The van der Waals surface area contributed by atoms with Crippen LogP contribution in [0.3, 0.4) is 0 Å². The Hall–Kier alpha value is -2.64. The van der Waals surface area contributed by atoms with Gasteiger partial charge < -0.3 is 9.84 Å². The molecule has 2 aromatic heterocycles. The van der Waals surface area contributed by atoms with E-state index >= 15 is 0 Å². The fourth-order valence-corrected chi connectivity index (χ4v) is 1.71. The third-order valence-corrected chi connectivity index (χ3v) is 2.49. The number of hydrogen-bond donors (Lipinski definition) is 2. The molecule has 7 nitrogen and oxygen atoms in total. The second kappa shape index (κ2) is 5.04. The van der Waals surface area contributed by atoms with E-state index in [0.29, 0.717) is 0 Å². The highest BCUT2D eigenvalue weighted by Crippen LogP contribution is 2.22. The Bertz CT molecular complexity index is 718. The Labute approximate surface area is 119 Å². The lowest BCUT2D eigenvalue weighted by Gasteiger charge is -2.19. The molecule has 0 aromatic carbocycles. The molecule has 0 atom stereocenters. The Morgan fingerprint density at radius 2 is 2.10 bits per heavy atom. The molecule has 0 saturated carbocycles. The van der Waals surface area contributed by atoms with Crippen LogP contribution < -0.4 is 5.32 Å². The van der Waals surface area contributed by atoms with Crippen LogP contribution in [0.2, 0.25) is 0 Å². The molecule has 2 aromatic rings. The number of aromatic nitrogens is 2. The van der Waals surface area contributed by atoms with Crippen molar-refractivity contribution < 1.29 is 23.8 Å². The summed E-state index contributed by atoms with van der Waals surface area (Å²) in [5, 5.41) is 15.0. The van der Waals surface area contributed by atoms with Crippen molar-refractivity contribution in [2.75, 3.05) is 5.32 Å². The zero-order valence-corrected chi connectivity index (χ0v) is 11.7. The maximum atomic E-state index is 14.3. The number of carbonyl (C=O) groups excluding carboxylic acids is 1. The van der Waals surface area contributed by atoms with Crippen LogP contribution in [0.1, 0.15) is 31.1 Å². The molecule has 2 rings (SSSR count). The molecule has 2 heterocycles. The number of ether oxygens (including phenoxy) is 1.